The number of nitro groups is 1. The molecule has 0 saturated carbocycles. The Morgan fingerprint density at radius 2 is 1.97 bits per heavy atom. The summed E-state index contributed by atoms with van der Waals surface area (Å²) in [6.45, 7) is 1.18. The molecule has 9 nitrogen and oxygen atoms in total. The fraction of sp³-hybridized carbons (Fsp3) is 0.300. The molecule has 9 heteroatoms. The second kappa shape index (κ2) is 9.65. The lowest BCUT2D eigenvalue weighted by Gasteiger charge is -2.12. The second-order valence-corrected chi connectivity index (χ2v) is 6.53. The Morgan fingerprint density at radius 3 is 2.72 bits per heavy atom. The third-order valence-corrected chi connectivity index (χ3v) is 4.44. The van der Waals surface area contributed by atoms with Gasteiger partial charge in [-0.1, -0.05) is 18.2 Å². The zero-order chi connectivity index (χ0) is 20.6. The molecule has 2 aromatic rings. The summed E-state index contributed by atoms with van der Waals surface area (Å²) >= 11 is 0. The van der Waals surface area contributed by atoms with E-state index in [0.717, 1.165) is 6.42 Å². The molecule has 2 amide bonds. The summed E-state index contributed by atoms with van der Waals surface area (Å²) in [6.07, 6.45) is 1.11. The van der Waals surface area contributed by atoms with Gasteiger partial charge in [-0.05, 0) is 37.1 Å². The van der Waals surface area contributed by atoms with Gasteiger partial charge in [0.05, 0.1) is 4.92 Å². The maximum Gasteiger partial charge on any atom is 0.292 e. The van der Waals surface area contributed by atoms with Crippen molar-refractivity contribution < 1.29 is 19.2 Å². The van der Waals surface area contributed by atoms with E-state index in [1.54, 1.807) is 42.5 Å². The SMILES string of the molecule is O=C(NCCNc1ccccc1[N+](=O)[O-])c1cccc(NC(=O)C2CCCO2)c1. The van der Waals surface area contributed by atoms with Gasteiger partial charge in [0.25, 0.3) is 17.5 Å². The molecule has 1 unspecified atom stereocenters. The highest BCUT2D eigenvalue weighted by Crippen LogP contribution is 2.22. The van der Waals surface area contributed by atoms with Crippen LogP contribution in [-0.2, 0) is 9.53 Å². The molecule has 0 aliphatic carbocycles. The lowest BCUT2D eigenvalue weighted by molar-refractivity contribution is -0.384. The summed E-state index contributed by atoms with van der Waals surface area (Å²) in [4.78, 5) is 35.0. The second-order valence-electron chi connectivity index (χ2n) is 6.53. The zero-order valence-electron chi connectivity index (χ0n) is 15.7. The summed E-state index contributed by atoms with van der Waals surface area (Å²) < 4.78 is 5.35. The van der Waals surface area contributed by atoms with Crippen molar-refractivity contribution in [3.05, 3.63) is 64.2 Å². The van der Waals surface area contributed by atoms with Crippen LogP contribution in [0.2, 0.25) is 0 Å². The molecule has 1 atom stereocenters. The van der Waals surface area contributed by atoms with Gasteiger partial charge in [0, 0.05) is 37.0 Å². The monoisotopic (exact) mass is 398 g/mol. The molecule has 1 aliphatic rings. The summed E-state index contributed by atoms with van der Waals surface area (Å²) in [7, 11) is 0. The largest absolute Gasteiger partial charge is 0.378 e. The van der Waals surface area contributed by atoms with Crippen molar-refractivity contribution in [2.75, 3.05) is 30.3 Å². The Morgan fingerprint density at radius 1 is 1.14 bits per heavy atom. The Labute approximate surface area is 167 Å². The van der Waals surface area contributed by atoms with Crippen molar-refractivity contribution in [1.29, 1.82) is 0 Å². The van der Waals surface area contributed by atoms with Crippen LogP contribution in [0.15, 0.2) is 48.5 Å². The molecule has 1 aliphatic heterocycles. The van der Waals surface area contributed by atoms with Crippen LogP contribution in [0.25, 0.3) is 0 Å². The van der Waals surface area contributed by atoms with Crippen molar-refractivity contribution >= 4 is 28.9 Å². The number of hydrogen-bond acceptors (Lipinski definition) is 6. The van der Waals surface area contributed by atoms with Gasteiger partial charge in [-0.3, -0.25) is 19.7 Å². The number of amides is 2. The molecule has 29 heavy (non-hydrogen) atoms. The molecule has 0 radical (unpaired) electrons. The number of rotatable bonds is 8. The minimum absolute atomic E-state index is 0.0199. The molecule has 3 rings (SSSR count). The summed E-state index contributed by atoms with van der Waals surface area (Å²) in [5.74, 6) is -0.517. The average Bonchev–Trinajstić information content (AvgIpc) is 3.26. The summed E-state index contributed by atoms with van der Waals surface area (Å²) in [5, 5.41) is 19.5. The van der Waals surface area contributed by atoms with Crippen LogP contribution in [0.1, 0.15) is 23.2 Å². The highest BCUT2D eigenvalue weighted by Gasteiger charge is 2.23. The van der Waals surface area contributed by atoms with Crippen molar-refractivity contribution in [2.24, 2.45) is 0 Å². The van der Waals surface area contributed by atoms with E-state index in [9.17, 15) is 19.7 Å². The van der Waals surface area contributed by atoms with E-state index in [4.69, 9.17) is 4.74 Å². The van der Waals surface area contributed by atoms with Crippen LogP contribution < -0.4 is 16.0 Å². The quantitative estimate of drug-likeness (QED) is 0.357. The molecule has 152 valence electrons. The van der Waals surface area contributed by atoms with E-state index in [2.05, 4.69) is 16.0 Å². The molecular formula is C20H22N4O5. The van der Waals surface area contributed by atoms with Crippen LogP contribution in [-0.4, -0.2) is 42.5 Å². The van der Waals surface area contributed by atoms with E-state index < -0.39 is 11.0 Å². The first-order chi connectivity index (χ1) is 14.0. The van der Waals surface area contributed by atoms with Crippen LogP contribution >= 0.6 is 0 Å². The number of nitrogens with zero attached hydrogens (tertiary/aromatic N) is 1. The average molecular weight is 398 g/mol. The first-order valence-corrected chi connectivity index (χ1v) is 9.32. The molecule has 1 heterocycles. The number of nitro benzene ring substituents is 1. The van der Waals surface area contributed by atoms with Gasteiger partial charge in [0.15, 0.2) is 0 Å². The predicted molar refractivity (Wildman–Crippen MR) is 108 cm³/mol. The van der Waals surface area contributed by atoms with E-state index in [-0.39, 0.29) is 24.0 Å². The van der Waals surface area contributed by atoms with Crippen molar-refractivity contribution in [3.63, 3.8) is 0 Å². The third kappa shape index (κ3) is 5.52. The van der Waals surface area contributed by atoms with Gasteiger partial charge in [-0.2, -0.15) is 0 Å². The Kier molecular flexibility index (Phi) is 6.75. The number of hydrogen-bond donors (Lipinski definition) is 3. The van der Waals surface area contributed by atoms with Gasteiger partial charge < -0.3 is 20.7 Å². The highest BCUT2D eigenvalue weighted by atomic mass is 16.6. The number of ether oxygens (including phenoxy) is 1. The van der Waals surface area contributed by atoms with Crippen LogP contribution in [0, 0.1) is 10.1 Å². The standard InChI is InChI=1S/C20H22N4O5/c25-19(22-11-10-21-16-7-1-2-8-17(16)24(27)28)14-5-3-6-15(13-14)23-20(26)18-9-4-12-29-18/h1-3,5-8,13,18,21H,4,9-12H2,(H,22,25)(H,23,26). The number of benzene rings is 2. The van der Waals surface area contributed by atoms with E-state index in [1.165, 1.54) is 6.07 Å². The van der Waals surface area contributed by atoms with Gasteiger partial charge in [-0.15, -0.1) is 0 Å². The van der Waals surface area contributed by atoms with Crippen LogP contribution in [0.3, 0.4) is 0 Å². The maximum absolute atomic E-state index is 12.3. The Balaban J connectivity index is 1.49. The first kappa shape index (κ1) is 20.3. The number of anilines is 2. The molecule has 1 saturated heterocycles. The Bertz CT molecular complexity index is 896. The van der Waals surface area contributed by atoms with Crippen LogP contribution in [0.4, 0.5) is 17.1 Å². The normalized spacial score (nSPS) is 15.5. The predicted octanol–water partition coefficient (Wildman–Crippen LogP) is 2.55. The molecule has 2 aromatic carbocycles. The lowest BCUT2D eigenvalue weighted by atomic mass is 10.1. The third-order valence-electron chi connectivity index (χ3n) is 4.44. The molecule has 1 fully saturated rings. The smallest absolute Gasteiger partial charge is 0.292 e. The highest BCUT2D eigenvalue weighted by molar-refractivity contribution is 5.98. The summed E-state index contributed by atoms with van der Waals surface area (Å²) in [5.41, 5.74) is 1.30. The minimum atomic E-state index is -0.461. The molecule has 0 aromatic heterocycles. The summed E-state index contributed by atoms with van der Waals surface area (Å²) in [6, 6.07) is 13.0. The van der Waals surface area contributed by atoms with Crippen molar-refractivity contribution in [2.45, 2.75) is 18.9 Å². The maximum atomic E-state index is 12.3. The fourth-order valence-electron chi connectivity index (χ4n) is 3.00. The number of nitrogens with one attached hydrogen (secondary N) is 3. The number of carbonyl (C=O) groups excluding carboxylic acids is 2. The topological polar surface area (TPSA) is 123 Å². The molecule has 0 bridgehead atoms. The van der Waals surface area contributed by atoms with Gasteiger partial charge in [0.1, 0.15) is 11.8 Å². The van der Waals surface area contributed by atoms with Crippen molar-refractivity contribution in [3.8, 4) is 0 Å². The lowest BCUT2D eigenvalue weighted by Crippen LogP contribution is -2.29. The van der Waals surface area contributed by atoms with Gasteiger partial charge >= 0.3 is 0 Å². The van der Waals surface area contributed by atoms with E-state index in [1.807, 2.05) is 0 Å². The van der Waals surface area contributed by atoms with Crippen LogP contribution in [0.5, 0.6) is 0 Å². The van der Waals surface area contributed by atoms with E-state index in [0.29, 0.717) is 36.5 Å². The minimum Gasteiger partial charge on any atom is -0.378 e. The first-order valence-electron chi connectivity index (χ1n) is 9.32. The number of carbonyl (C=O) groups is 2. The molecule has 0 spiro atoms. The number of para-hydroxylation sites is 2. The van der Waals surface area contributed by atoms with E-state index >= 15 is 0 Å². The molecular weight excluding hydrogens is 376 g/mol. The van der Waals surface area contributed by atoms with Gasteiger partial charge in [-0.25, -0.2) is 0 Å². The fourth-order valence-corrected chi connectivity index (χ4v) is 3.00. The van der Waals surface area contributed by atoms with Gasteiger partial charge in [0.2, 0.25) is 0 Å². The zero-order valence-corrected chi connectivity index (χ0v) is 15.7. The molecule has 3 N–H and O–H groups in total. The Hall–Kier alpha value is -3.46. The van der Waals surface area contributed by atoms with Crippen molar-refractivity contribution in [1.82, 2.24) is 5.32 Å².